The summed E-state index contributed by atoms with van der Waals surface area (Å²) in [4.78, 5) is 11.9. The summed E-state index contributed by atoms with van der Waals surface area (Å²) in [6.07, 6.45) is 1.03. The second-order valence-electron chi connectivity index (χ2n) is 4.13. The van der Waals surface area contributed by atoms with Crippen LogP contribution in [0.2, 0.25) is 0 Å². The quantitative estimate of drug-likeness (QED) is 0.693. The third-order valence-electron chi connectivity index (χ3n) is 2.39. The van der Waals surface area contributed by atoms with Crippen molar-refractivity contribution in [3.05, 3.63) is 60.2 Å². The summed E-state index contributed by atoms with van der Waals surface area (Å²) in [7, 11) is -3.44. The zero-order chi connectivity index (χ0) is 14.6. The van der Waals surface area contributed by atoms with Gasteiger partial charge in [0.2, 0.25) is 10.0 Å². The molecule has 0 saturated heterocycles. The average Bonchev–Trinajstić information content (AvgIpc) is 2.40. The Morgan fingerprint density at radius 3 is 2.25 bits per heavy atom. The van der Waals surface area contributed by atoms with E-state index in [-0.39, 0.29) is 11.4 Å². The molecule has 0 spiro atoms. The molecular weight excluding hydrogens is 278 g/mol. The Bertz CT molecular complexity index is 711. The molecule has 0 bridgehead atoms. The van der Waals surface area contributed by atoms with Gasteiger partial charge in [-0.15, -0.1) is 0 Å². The van der Waals surface area contributed by atoms with Crippen LogP contribution in [0.15, 0.2) is 54.6 Å². The van der Waals surface area contributed by atoms with Crippen LogP contribution in [-0.4, -0.2) is 20.6 Å². The molecule has 1 N–H and O–H groups in total. The smallest absolute Gasteiger partial charge is 0.343 e. The first-order chi connectivity index (χ1) is 9.46. The Kier molecular flexibility index (Phi) is 4.05. The minimum absolute atomic E-state index is 0.159. The SMILES string of the molecule is CS(=O)(=O)Nc1ccccc1OC(=O)c1ccccc1. The number of sulfonamides is 1. The lowest BCUT2D eigenvalue weighted by molar-refractivity contribution is 0.0736. The summed E-state index contributed by atoms with van der Waals surface area (Å²) in [5, 5.41) is 0. The van der Waals surface area contributed by atoms with Gasteiger partial charge in [-0.25, -0.2) is 13.2 Å². The number of carbonyl (C=O) groups excluding carboxylic acids is 1. The molecule has 5 nitrogen and oxygen atoms in total. The lowest BCUT2D eigenvalue weighted by atomic mass is 10.2. The van der Waals surface area contributed by atoms with Crippen molar-refractivity contribution in [1.29, 1.82) is 0 Å². The van der Waals surface area contributed by atoms with Crippen molar-refractivity contribution < 1.29 is 17.9 Å². The predicted molar refractivity (Wildman–Crippen MR) is 76.3 cm³/mol. The van der Waals surface area contributed by atoms with Gasteiger partial charge in [0.15, 0.2) is 5.75 Å². The highest BCUT2D eigenvalue weighted by molar-refractivity contribution is 7.92. The zero-order valence-electron chi connectivity index (χ0n) is 10.7. The van der Waals surface area contributed by atoms with Crippen molar-refractivity contribution in [1.82, 2.24) is 0 Å². The minimum atomic E-state index is -3.44. The molecule has 0 fully saturated rings. The Labute approximate surface area is 117 Å². The number of anilines is 1. The standard InChI is InChI=1S/C14H13NO4S/c1-20(17,18)15-12-9-5-6-10-13(12)19-14(16)11-7-3-2-4-8-11/h2-10,15H,1H3. The van der Waals surface area contributed by atoms with Gasteiger partial charge in [-0.1, -0.05) is 30.3 Å². The third kappa shape index (κ3) is 3.83. The molecule has 0 radical (unpaired) electrons. The number of nitrogens with one attached hydrogen (secondary N) is 1. The van der Waals surface area contributed by atoms with Crippen LogP contribution < -0.4 is 9.46 Å². The number of benzene rings is 2. The maximum absolute atomic E-state index is 11.9. The van der Waals surface area contributed by atoms with Gasteiger partial charge >= 0.3 is 5.97 Å². The third-order valence-corrected chi connectivity index (χ3v) is 2.99. The molecule has 0 saturated carbocycles. The molecule has 0 heterocycles. The van der Waals surface area contributed by atoms with Crippen molar-refractivity contribution in [2.24, 2.45) is 0 Å². The van der Waals surface area contributed by atoms with E-state index in [4.69, 9.17) is 4.74 Å². The van der Waals surface area contributed by atoms with Crippen LogP contribution in [0.1, 0.15) is 10.4 Å². The first-order valence-corrected chi connectivity index (χ1v) is 7.69. The maximum atomic E-state index is 11.9. The van der Waals surface area contributed by atoms with Crippen LogP contribution in [0, 0.1) is 0 Å². The van der Waals surface area contributed by atoms with Gasteiger partial charge in [-0.05, 0) is 24.3 Å². The molecule has 6 heteroatoms. The van der Waals surface area contributed by atoms with Crippen LogP contribution >= 0.6 is 0 Å². The van der Waals surface area contributed by atoms with Gasteiger partial charge in [0.1, 0.15) is 0 Å². The highest BCUT2D eigenvalue weighted by Crippen LogP contribution is 2.25. The zero-order valence-corrected chi connectivity index (χ0v) is 11.6. The second kappa shape index (κ2) is 5.75. The molecule has 0 aromatic heterocycles. The predicted octanol–water partition coefficient (Wildman–Crippen LogP) is 2.28. The first-order valence-electron chi connectivity index (χ1n) is 5.80. The maximum Gasteiger partial charge on any atom is 0.343 e. The highest BCUT2D eigenvalue weighted by atomic mass is 32.2. The molecule has 0 aliphatic carbocycles. The van der Waals surface area contributed by atoms with Gasteiger partial charge in [-0.3, -0.25) is 4.72 Å². The van der Waals surface area contributed by atoms with Crippen LogP contribution in [0.4, 0.5) is 5.69 Å². The highest BCUT2D eigenvalue weighted by Gasteiger charge is 2.13. The molecule has 2 aromatic rings. The second-order valence-corrected chi connectivity index (χ2v) is 5.87. The van der Waals surface area contributed by atoms with Crippen molar-refractivity contribution in [3.63, 3.8) is 0 Å². The van der Waals surface area contributed by atoms with Gasteiger partial charge in [-0.2, -0.15) is 0 Å². The number of rotatable bonds is 4. The van der Waals surface area contributed by atoms with Gasteiger partial charge < -0.3 is 4.74 Å². The van der Waals surface area contributed by atoms with Crippen molar-refractivity contribution in [2.75, 3.05) is 11.0 Å². The number of hydrogen-bond donors (Lipinski definition) is 1. The average molecular weight is 291 g/mol. The topological polar surface area (TPSA) is 72.5 Å². The van der Waals surface area contributed by atoms with E-state index >= 15 is 0 Å². The fourth-order valence-corrected chi connectivity index (χ4v) is 2.14. The largest absolute Gasteiger partial charge is 0.421 e. The number of esters is 1. The summed E-state index contributed by atoms with van der Waals surface area (Å²) in [6.45, 7) is 0. The Hall–Kier alpha value is -2.34. The molecule has 2 rings (SSSR count). The fraction of sp³-hybridized carbons (Fsp3) is 0.0714. The van der Waals surface area contributed by atoms with E-state index in [1.807, 2.05) is 0 Å². The summed E-state index contributed by atoms with van der Waals surface area (Å²) >= 11 is 0. The lowest BCUT2D eigenvalue weighted by Crippen LogP contribution is -2.13. The molecule has 0 amide bonds. The number of ether oxygens (including phenoxy) is 1. The monoisotopic (exact) mass is 291 g/mol. The summed E-state index contributed by atoms with van der Waals surface area (Å²) in [5.41, 5.74) is 0.612. The van der Waals surface area contributed by atoms with Gasteiger partial charge in [0.25, 0.3) is 0 Å². The Morgan fingerprint density at radius 1 is 1.00 bits per heavy atom. The number of hydrogen-bond acceptors (Lipinski definition) is 4. The molecule has 20 heavy (non-hydrogen) atoms. The molecule has 104 valence electrons. The van der Waals surface area contributed by atoms with Gasteiger partial charge in [0.05, 0.1) is 17.5 Å². The van der Waals surface area contributed by atoms with Crippen LogP contribution in [-0.2, 0) is 10.0 Å². The van der Waals surface area contributed by atoms with Crippen LogP contribution in [0.5, 0.6) is 5.75 Å². The van der Waals surface area contributed by atoms with Gasteiger partial charge in [0, 0.05) is 0 Å². The van der Waals surface area contributed by atoms with E-state index < -0.39 is 16.0 Å². The van der Waals surface area contributed by atoms with E-state index in [1.54, 1.807) is 42.5 Å². The van der Waals surface area contributed by atoms with Crippen LogP contribution in [0.3, 0.4) is 0 Å². The van der Waals surface area contributed by atoms with Crippen molar-refractivity contribution in [2.45, 2.75) is 0 Å². The van der Waals surface area contributed by atoms with E-state index in [2.05, 4.69) is 4.72 Å². The van der Waals surface area contributed by atoms with Crippen LogP contribution in [0.25, 0.3) is 0 Å². The Morgan fingerprint density at radius 2 is 1.60 bits per heavy atom. The van der Waals surface area contributed by atoms with E-state index in [9.17, 15) is 13.2 Å². The molecule has 0 atom stereocenters. The first kappa shape index (κ1) is 14.1. The number of para-hydroxylation sites is 2. The molecule has 0 aliphatic rings. The molecular formula is C14H13NO4S. The Balaban J connectivity index is 2.24. The molecule has 0 unspecified atom stereocenters. The van der Waals surface area contributed by atoms with E-state index in [0.29, 0.717) is 5.56 Å². The van der Waals surface area contributed by atoms with E-state index in [0.717, 1.165) is 6.26 Å². The normalized spacial score (nSPS) is 10.8. The summed E-state index contributed by atoms with van der Waals surface area (Å²) < 4.78 is 30.0. The van der Waals surface area contributed by atoms with Crippen molar-refractivity contribution in [3.8, 4) is 5.75 Å². The van der Waals surface area contributed by atoms with Crippen molar-refractivity contribution >= 4 is 21.7 Å². The summed E-state index contributed by atoms with van der Waals surface area (Å²) in [5.74, 6) is -0.389. The molecule has 2 aromatic carbocycles. The fourth-order valence-electron chi connectivity index (χ4n) is 1.57. The summed E-state index contributed by atoms with van der Waals surface area (Å²) in [6, 6.07) is 14.8. The minimum Gasteiger partial charge on any atom is -0.421 e. The lowest BCUT2D eigenvalue weighted by Gasteiger charge is -2.10. The van der Waals surface area contributed by atoms with E-state index in [1.165, 1.54) is 12.1 Å². The number of carbonyl (C=O) groups is 1. The molecule has 0 aliphatic heterocycles.